The topological polar surface area (TPSA) is 131 Å². The van der Waals surface area contributed by atoms with Crippen molar-refractivity contribution < 1.29 is 51.4 Å². The van der Waals surface area contributed by atoms with Crippen LogP contribution in [0.2, 0.25) is 0 Å². The Bertz CT molecular complexity index is 1680. The maximum Gasteiger partial charge on any atom is 0.482 e. The lowest BCUT2D eigenvalue weighted by molar-refractivity contribution is -0.199. The first-order chi connectivity index (χ1) is 24.1. The van der Waals surface area contributed by atoms with E-state index in [-0.39, 0.29) is 40.9 Å². The molecule has 6 atom stereocenters. The van der Waals surface area contributed by atoms with Crippen LogP contribution in [-0.4, -0.2) is 68.2 Å². The highest BCUT2D eigenvalue weighted by molar-refractivity contribution is 6.48. The summed E-state index contributed by atoms with van der Waals surface area (Å²) in [5.74, 6) is -4.06. The zero-order valence-corrected chi connectivity index (χ0v) is 31.9. The van der Waals surface area contributed by atoms with Crippen LogP contribution in [-0.2, 0) is 30.0 Å². The van der Waals surface area contributed by atoms with Gasteiger partial charge in [-0.15, -0.1) is 0 Å². The minimum atomic E-state index is -1.88. The Labute approximate surface area is 304 Å². The van der Waals surface area contributed by atoms with Gasteiger partial charge in [0.25, 0.3) is 0 Å². The monoisotopic (exact) mass is 728 g/mol. The highest BCUT2D eigenvalue weighted by atomic mass is 19.1. The average Bonchev–Trinajstić information content (AvgIpc) is 3.38. The van der Waals surface area contributed by atoms with Crippen LogP contribution in [0.5, 0.6) is 11.5 Å². The maximum absolute atomic E-state index is 15.6. The smallest absolute Gasteiger partial charge is 0.482 e. The van der Waals surface area contributed by atoms with Crippen molar-refractivity contribution in [3.8, 4) is 11.5 Å². The van der Waals surface area contributed by atoms with Gasteiger partial charge in [-0.3, -0.25) is 4.79 Å². The molecule has 2 aromatic carbocycles. The van der Waals surface area contributed by atoms with E-state index in [1.54, 1.807) is 59.7 Å². The van der Waals surface area contributed by atoms with Crippen LogP contribution in [0.3, 0.4) is 0 Å². The molecule has 0 spiro atoms. The zero-order valence-electron chi connectivity index (χ0n) is 31.9. The van der Waals surface area contributed by atoms with Crippen LogP contribution >= 0.6 is 0 Å². The predicted octanol–water partition coefficient (Wildman–Crippen LogP) is 6.50. The molecule has 52 heavy (non-hydrogen) atoms. The molecule has 284 valence electrons. The molecule has 2 bridgehead atoms. The van der Waals surface area contributed by atoms with E-state index in [0.29, 0.717) is 11.5 Å². The lowest BCUT2D eigenvalue weighted by Crippen LogP contribution is -2.65. The van der Waals surface area contributed by atoms with Crippen molar-refractivity contribution in [2.24, 2.45) is 17.3 Å². The quantitative estimate of drug-likeness (QED) is 0.208. The molecular formula is C38H51BF2N2O9. The first-order valence-corrected chi connectivity index (χ1v) is 17.6. The van der Waals surface area contributed by atoms with Crippen LogP contribution < -0.4 is 20.1 Å². The average molecular weight is 729 g/mol. The minimum Gasteiger partial charge on any atom is -0.497 e. The number of halogens is 2. The number of hydrogen-bond acceptors (Lipinski definition) is 9. The summed E-state index contributed by atoms with van der Waals surface area (Å²) in [5.41, 5.74) is -2.44. The fourth-order valence-electron chi connectivity index (χ4n) is 7.92. The van der Waals surface area contributed by atoms with Gasteiger partial charge in [0.05, 0.1) is 37.4 Å². The largest absolute Gasteiger partial charge is 0.497 e. The Morgan fingerprint density at radius 2 is 1.58 bits per heavy atom. The minimum absolute atomic E-state index is 0.00321. The fraction of sp³-hybridized carbons (Fsp3) is 0.605. The molecule has 0 aromatic heterocycles. The molecule has 2 unspecified atom stereocenters. The number of nitrogens with one attached hydrogen (secondary N) is 2. The third-order valence-electron chi connectivity index (χ3n) is 10.5. The predicted molar refractivity (Wildman–Crippen MR) is 189 cm³/mol. The lowest BCUT2D eigenvalue weighted by atomic mass is 9.43. The van der Waals surface area contributed by atoms with Crippen molar-refractivity contribution in [3.05, 3.63) is 58.7 Å². The molecule has 4 fully saturated rings. The highest BCUT2D eigenvalue weighted by Gasteiger charge is 2.68. The number of hydrogen-bond donors (Lipinski definition) is 2. The summed E-state index contributed by atoms with van der Waals surface area (Å²) >= 11 is 0. The lowest BCUT2D eigenvalue weighted by Gasteiger charge is -2.64. The maximum atomic E-state index is 15.6. The number of amides is 2. The highest BCUT2D eigenvalue weighted by Crippen LogP contribution is 2.65. The molecule has 6 rings (SSSR count). The van der Waals surface area contributed by atoms with Gasteiger partial charge >= 0.3 is 19.2 Å². The molecule has 11 nitrogen and oxygen atoms in total. The molecule has 1 saturated heterocycles. The second-order valence-electron chi connectivity index (χ2n) is 16.7. The summed E-state index contributed by atoms with van der Waals surface area (Å²) in [4.78, 5) is 40.6. The number of esters is 1. The summed E-state index contributed by atoms with van der Waals surface area (Å²) in [6.07, 6.45) is 0.412. The molecule has 2 amide bonds. The van der Waals surface area contributed by atoms with E-state index in [2.05, 4.69) is 24.5 Å². The van der Waals surface area contributed by atoms with Gasteiger partial charge in [-0.25, -0.2) is 18.4 Å². The van der Waals surface area contributed by atoms with Gasteiger partial charge in [-0.05, 0) is 96.6 Å². The number of ether oxygens (including phenoxy) is 4. The fourth-order valence-corrected chi connectivity index (χ4v) is 7.92. The van der Waals surface area contributed by atoms with E-state index in [1.165, 1.54) is 14.2 Å². The Hall–Kier alpha value is -3.91. The Morgan fingerprint density at radius 3 is 2.13 bits per heavy atom. The molecule has 1 aliphatic heterocycles. The Kier molecular flexibility index (Phi) is 10.7. The van der Waals surface area contributed by atoms with Crippen LogP contribution in [0.4, 0.5) is 13.6 Å². The summed E-state index contributed by atoms with van der Waals surface area (Å²) in [7, 11) is 1.65. The van der Waals surface area contributed by atoms with Gasteiger partial charge in [0.2, 0.25) is 5.91 Å². The number of benzene rings is 2. The van der Waals surface area contributed by atoms with Crippen LogP contribution in [0.1, 0.15) is 103 Å². The molecule has 2 aromatic rings. The third-order valence-corrected chi connectivity index (χ3v) is 10.5. The summed E-state index contributed by atoms with van der Waals surface area (Å²) in [6, 6.07) is 4.93. The van der Waals surface area contributed by atoms with Gasteiger partial charge in [-0.1, -0.05) is 26.0 Å². The van der Waals surface area contributed by atoms with Crippen LogP contribution in [0.25, 0.3) is 0 Å². The van der Waals surface area contributed by atoms with E-state index in [1.807, 2.05) is 6.92 Å². The molecule has 0 radical (unpaired) electrons. The Morgan fingerprint density at radius 1 is 0.942 bits per heavy atom. The van der Waals surface area contributed by atoms with Gasteiger partial charge in [0.15, 0.2) is 0 Å². The second-order valence-corrected chi connectivity index (χ2v) is 16.7. The normalized spacial score (nSPS) is 24.5. The summed E-state index contributed by atoms with van der Waals surface area (Å²) < 4.78 is 66.2. The molecule has 3 saturated carbocycles. The summed E-state index contributed by atoms with van der Waals surface area (Å²) in [5, 5.41) is 5.23. The second kappa shape index (κ2) is 14.1. The third kappa shape index (κ3) is 7.88. The Balaban J connectivity index is 1.54. The van der Waals surface area contributed by atoms with Gasteiger partial charge in [-0.2, -0.15) is 0 Å². The number of alkyl carbamates (subject to hydrolysis) is 1. The van der Waals surface area contributed by atoms with Crippen molar-refractivity contribution in [2.45, 2.75) is 116 Å². The van der Waals surface area contributed by atoms with Crippen molar-refractivity contribution in [1.29, 1.82) is 0 Å². The first kappa shape index (κ1) is 39.3. The van der Waals surface area contributed by atoms with E-state index in [0.717, 1.165) is 25.0 Å². The van der Waals surface area contributed by atoms with Crippen LogP contribution in [0, 0.1) is 28.9 Å². The van der Waals surface area contributed by atoms with Crippen LogP contribution in [0.15, 0.2) is 30.3 Å². The van der Waals surface area contributed by atoms with Gasteiger partial charge in [0, 0.05) is 12.1 Å². The molecule has 4 aliphatic rings. The van der Waals surface area contributed by atoms with Crippen molar-refractivity contribution in [2.75, 3.05) is 14.2 Å². The van der Waals surface area contributed by atoms with Crippen molar-refractivity contribution in [3.63, 3.8) is 0 Å². The number of carbonyl (C=O) groups excluding carboxylic acids is 3. The zero-order chi connectivity index (χ0) is 38.6. The SMILES string of the molecule is COc1cc(F)c(C(NC(=O)OC(C)(C)C)C(=O)NC(Cc2cccc(C(=O)OC(C)(C)C)c2OC)B2O[C@@H]3C[C@@H]4C[C@@H](C4(C)C)[C@]3(C)O2)c(F)c1. The number of methoxy groups -OCH3 is 2. The standard InChI is InChI=1S/C38H51BF2N2O9/c1-35(2,3)49-33(45)23-14-12-13-20(31(23)48-11)15-28(39-51-27-17-21-16-26(37(21,7)8)38(27,9)52-39)42-32(44)30(43-34(46)50-36(4,5)6)29-24(40)18-22(47-10)19-25(29)41/h12-14,18-19,21,26-28,30H,15-17H2,1-11H3,(H,42,44)(H,43,46)/t21-,26-,27+,28?,30?,38-/m0/s1. The van der Waals surface area contributed by atoms with E-state index >= 15 is 8.78 Å². The molecule has 1 heterocycles. The van der Waals surface area contributed by atoms with Gasteiger partial charge < -0.3 is 38.9 Å². The number of rotatable bonds is 10. The molecule has 14 heteroatoms. The van der Waals surface area contributed by atoms with E-state index in [9.17, 15) is 14.4 Å². The summed E-state index contributed by atoms with van der Waals surface area (Å²) in [6.45, 7) is 16.6. The van der Waals surface area contributed by atoms with Crippen molar-refractivity contribution in [1.82, 2.24) is 10.6 Å². The number of carbonyl (C=O) groups is 3. The first-order valence-electron chi connectivity index (χ1n) is 17.6. The molecule has 2 N–H and O–H groups in total. The molecular weight excluding hydrogens is 677 g/mol. The van der Waals surface area contributed by atoms with E-state index < -0.39 is 71.1 Å². The number of para-hydroxylation sites is 1. The van der Waals surface area contributed by atoms with E-state index in [4.69, 9.17) is 28.3 Å². The van der Waals surface area contributed by atoms with Crippen molar-refractivity contribution >= 4 is 25.1 Å². The molecule has 3 aliphatic carbocycles. The van der Waals surface area contributed by atoms with Gasteiger partial charge in [0.1, 0.15) is 45.9 Å².